The summed E-state index contributed by atoms with van der Waals surface area (Å²) >= 11 is 0. The predicted octanol–water partition coefficient (Wildman–Crippen LogP) is 6.35. The molecule has 0 fully saturated rings. The lowest BCUT2D eigenvalue weighted by atomic mass is 9.97. The van der Waals surface area contributed by atoms with E-state index in [0.717, 1.165) is 112 Å². The summed E-state index contributed by atoms with van der Waals surface area (Å²) in [6, 6.07) is 48.0. The summed E-state index contributed by atoms with van der Waals surface area (Å²) in [5, 5.41) is 3.81. The Morgan fingerprint density at radius 3 is 1.16 bits per heavy atom. The van der Waals surface area contributed by atoms with Crippen LogP contribution in [0.25, 0.3) is 22.3 Å². The molecule has 57 heavy (non-hydrogen) atoms. The number of methoxy groups -OCH3 is 4. The number of nitrogens with zero attached hydrogens (tertiary/aromatic N) is 1. The summed E-state index contributed by atoms with van der Waals surface area (Å²) in [4.78, 5) is 11.6. The van der Waals surface area contributed by atoms with E-state index >= 15 is 0 Å². The molecule has 0 unspecified atom stereocenters. The van der Waals surface area contributed by atoms with E-state index in [1.807, 2.05) is 48.5 Å². The molecule has 9 rings (SSSR count). The first-order chi connectivity index (χ1) is 27.9. The van der Waals surface area contributed by atoms with Gasteiger partial charge in [0.1, 0.15) is 23.0 Å². The Balaban J connectivity index is 1.45. The summed E-state index contributed by atoms with van der Waals surface area (Å²) in [5.74, 6) is 3.11. The number of H-pyrrole nitrogens is 3. The van der Waals surface area contributed by atoms with Crippen LogP contribution >= 0.6 is 0 Å². The van der Waals surface area contributed by atoms with E-state index in [-0.39, 0.29) is 0 Å². The second kappa shape index (κ2) is 14.7. The van der Waals surface area contributed by atoms with Crippen molar-refractivity contribution in [2.75, 3.05) is 28.4 Å². The van der Waals surface area contributed by atoms with Crippen molar-refractivity contribution < 1.29 is 18.9 Å². The molecule has 0 saturated carbocycles. The fraction of sp³-hybridized carbons (Fsp3) is 0.102. The third-order valence-corrected chi connectivity index (χ3v) is 10.7. The maximum atomic E-state index is 5.74. The van der Waals surface area contributed by atoms with Crippen molar-refractivity contribution in [2.45, 2.75) is 0 Å². The lowest BCUT2D eigenvalue weighted by Crippen LogP contribution is -2.19. The second-order valence-electron chi connectivity index (χ2n) is 14.0. The maximum absolute atomic E-state index is 5.74. The van der Waals surface area contributed by atoms with E-state index in [1.165, 1.54) is 0 Å². The van der Waals surface area contributed by atoms with Crippen molar-refractivity contribution in [1.82, 2.24) is 19.5 Å². The number of fused-ring (bicyclic) bond motifs is 8. The van der Waals surface area contributed by atoms with E-state index in [0.29, 0.717) is 0 Å². The smallest absolute Gasteiger partial charge is 0.119 e. The fourth-order valence-electron chi connectivity index (χ4n) is 7.96. The highest BCUT2D eigenvalue weighted by molar-refractivity contribution is 5.86. The molecule has 8 aromatic rings. The average Bonchev–Trinajstić information content (AvgIpc) is 4.09. The van der Waals surface area contributed by atoms with Crippen LogP contribution in [-0.4, -0.2) is 48.0 Å². The molecular formula is C49H42N4O4. The lowest BCUT2D eigenvalue weighted by Gasteiger charge is -2.11. The van der Waals surface area contributed by atoms with Crippen molar-refractivity contribution in [3.63, 3.8) is 0 Å². The van der Waals surface area contributed by atoms with Crippen LogP contribution in [0.4, 0.5) is 0 Å². The Kier molecular flexibility index (Phi) is 9.14. The lowest BCUT2D eigenvalue weighted by molar-refractivity contribution is 0.414. The summed E-state index contributed by atoms with van der Waals surface area (Å²) in [5.41, 5.74) is 12.1. The maximum Gasteiger partial charge on any atom is 0.119 e. The summed E-state index contributed by atoms with van der Waals surface area (Å²) in [6.07, 6.45) is 2.20. The Hall–Kier alpha value is -7.32. The van der Waals surface area contributed by atoms with Gasteiger partial charge in [-0.2, -0.15) is 0 Å². The van der Waals surface area contributed by atoms with Crippen LogP contribution < -0.4 is 40.3 Å². The number of rotatable bonds is 8. The Morgan fingerprint density at radius 1 is 0.368 bits per heavy atom. The minimum Gasteiger partial charge on any atom is -0.497 e. The summed E-state index contributed by atoms with van der Waals surface area (Å²) in [7, 11) is 8.90. The Bertz CT molecular complexity index is 3050. The largest absolute Gasteiger partial charge is 0.497 e. The van der Waals surface area contributed by atoms with Crippen molar-refractivity contribution >= 4 is 22.3 Å². The minimum absolute atomic E-state index is 0.774. The molecular weight excluding hydrogens is 709 g/mol. The SMILES string of the molecule is COc1cccc(C2=c3ccc([nH]3)=C(c3cccc(OC)c3)c3ccc([nH]3)C(c3cccc(OC)c3)=c3ccc([nH]3)=C(c3cccc(OC)c3)c3cc2cn3C)c1. The van der Waals surface area contributed by atoms with E-state index in [4.69, 9.17) is 18.9 Å². The highest BCUT2D eigenvalue weighted by Crippen LogP contribution is 2.32. The van der Waals surface area contributed by atoms with E-state index in [9.17, 15) is 0 Å². The van der Waals surface area contributed by atoms with Gasteiger partial charge in [-0.15, -0.1) is 0 Å². The van der Waals surface area contributed by atoms with Crippen LogP contribution in [0.15, 0.2) is 146 Å². The van der Waals surface area contributed by atoms with Crippen LogP contribution in [0.1, 0.15) is 44.9 Å². The Morgan fingerprint density at radius 2 is 0.737 bits per heavy atom. The number of benzene rings is 4. The van der Waals surface area contributed by atoms with Gasteiger partial charge in [0.25, 0.3) is 0 Å². The van der Waals surface area contributed by atoms with Crippen LogP contribution in [0.2, 0.25) is 0 Å². The zero-order valence-electron chi connectivity index (χ0n) is 32.4. The van der Waals surface area contributed by atoms with Gasteiger partial charge in [-0.1, -0.05) is 48.5 Å². The second-order valence-corrected chi connectivity index (χ2v) is 14.0. The number of nitrogens with one attached hydrogen (secondary N) is 3. The highest BCUT2D eigenvalue weighted by Gasteiger charge is 2.20. The van der Waals surface area contributed by atoms with Crippen LogP contribution in [0.3, 0.4) is 0 Å². The third kappa shape index (κ3) is 6.51. The summed E-state index contributed by atoms with van der Waals surface area (Å²) < 4.78 is 25.1. The molecule has 0 amide bonds. The first-order valence-electron chi connectivity index (χ1n) is 18.8. The molecule has 4 aromatic heterocycles. The van der Waals surface area contributed by atoms with Crippen molar-refractivity contribution in [3.8, 4) is 23.0 Å². The molecule has 0 radical (unpaired) electrons. The van der Waals surface area contributed by atoms with Crippen molar-refractivity contribution in [3.05, 3.63) is 212 Å². The minimum atomic E-state index is 0.774. The van der Waals surface area contributed by atoms with E-state index in [2.05, 4.69) is 124 Å². The molecule has 8 nitrogen and oxygen atoms in total. The first kappa shape index (κ1) is 35.4. The predicted molar refractivity (Wildman–Crippen MR) is 225 cm³/mol. The van der Waals surface area contributed by atoms with Crippen molar-refractivity contribution in [1.29, 1.82) is 0 Å². The molecule has 8 bridgehead atoms. The fourth-order valence-corrected chi connectivity index (χ4v) is 7.96. The molecule has 1 aliphatic rings. The topological polar surface area (TPSA) is 89.2 Å². The normalized spacial score (nSPS) is 12.5. The van der Waals surface area contributed by atoms with Gasteiger partial charge in [0, 0.05) is 73.9 Å². The third-order valence-electron chi connectivity index (χ3n) is 10.7. The molecule has 3 N–H and O–H groups in total. The molecule has 282 valence electrons. The van der Waals surface area contributed by atoms with Gasteiger partial charge in [-0.25, -0.2) is 0 Å². The molecule has 1 aliphatic heterocycles. The molecule has 0 saturated heterocycles. The zero-order valence-corrected chi connectivity index (χ0v) is 32.4. The zero-order chi connectivity index (χ0) is 39.0. The average molecular weight is 751 g/mol. The van der Waals surface area contributed by atoms with Crippen LogP contribution in [0.5, 0.6) is 23.0 Å². The molecule has 5 heterocycles. The van der Waals surface area contributed by atoms with Gasteiger partial charge in [-0.05, 0) is 113 Å². The van der Waals surface area contributed by atoms with Gasteiger partial charge in [0.2, 0.25) is 0 Å². The highest BCUT2D eigenvalue weighted by atomic mass is 16.5. The first-order valence-corrected chi connectivity index (χ1v) is 18.8. The Labute approximate surface area is 330 Å². The van der Waals surface area contributed by atoms with E-state index < -0.39 is 0 Å². The van der Waals surface area contributed by atoms with Gasteiger partial charge >= 0.3 is 0 Å². The molecule has 0 atom stereocenters. The van der Waals surface area contributed by atoms with Gasteiger partial charge in [-0.3, -0.25) is 0 Å². The number of ether oxygens (including phenoxy) is 4. The quantitative estimate of drug-likeness (QED) is 0.169. The van der Waals surface area contributed by atoms with Crippen LogP contribution in [0, 0.1) is 0 Å². The summed E-state index contributed by atoms with van der Waals surface area (Å²) in [6.45, 7) is 0. The number of hydrogen-bond donors (Lipinski definition) is 3. The van der Waals surface area contributed by atoms with Crippen molar-refractivity contribution in [2.24, 2.45) is 7.05 Å². The van der Waals surface area contributed by atoms with Crippen LogP contribution in [-0.2, 0) is 7.05 Å². The number of hydrogen-bond acceptors (Lipinski definition) is 4. The molecule has 0 spiro atoms. The monoisotopic (exact) mass is 750 g/mol. The van der Waals surface area contributed by atoms with E-state index in [1.54, 1.807) is 28.4 Å². The standard InChI is InChI=1S/C49H42N4O4/c1-53-29-34-28-45(53)49(33-13-9-17-38(27-33)57-5)44-23-22-43(52-44)48(32-12-8-16-37(26-32)56-4)42-21-20-41(51-42)47(31-11-7-15-36(25-31)55-3)40-19-18-39(50-40)46(34)30-10-6-14-35(24-30)54-2/h6-29,50-52H,1-5H3. The van der Waals surface area contributed by atoms with Gasteiger partial charge in [0.05, 0.1) is 34.1 Å². The number of aromatic nitrogens is 4. The number of aryl methyl sites for hydroxylation is 1. The van der Waals surface area contributed by atoms with Gasteiger partial charge < -0.3 is 38.5 Å². The molecule has 8 heteroatoms. The molecule has 0 aliphatic carbocycles. The number of aromatic amines is 3. The molecule has 4 aromatic carbocycles. The van der Waals surface area contributed by atoms with Gasteiger partial charge in [0.15, 0.2) is 0 Å².